The summed E-state index contributed by atoms with van der Waals surface area (Å²) in [5, 5.41) is 3.11. The fraction of sp³-hybridized carbons (Fsp3) is 0.571. The number of aromatic nitrogens is 1. The van der Waals surface area contributed by atoms with Crippen molar-refractivity contribution in [3.05, 3.63) is 23.5 Å². The molecule has 0 spiro atoms. The first-order chi connectivity index (χ1) is 8.94. The Bertz CT molecular complexity index is 484. The van der Waals surface area contributed by atoms with E-state index in [1.165, 1.54) is 0 Å². The lowest BCUT2D eigenvalue weighted by Crippen LogP contribution is -2.41. The van der Waals surface area contributed by atoms with Crippen molar-refractivity contribution in [3.63, 3.8) is 0 Å². The maximum atomic E-state index is 12.3. The number of hydrogen-bond acceptors (Lipinski definition) is 4. The van der Waals surface area contributed by atoms with Gasteiger partial charge in [0.05, 0.1) is 11.3 Å². The second-order valence-corrected chi connectivity index (χ2v) is 5.92. The standard InChI is InChI=1S/C14H22N4O/c1-9-7-11(18-15)10(8-16-9)13(19)17-12-5-4-6-14(12,2)3/h7-8,12H,4-6,15H2,1-3H3,(H,16,18)(H,17,19). The van der Waals surface area contributed by atoms with Crippen LogP contribution in [0.4, 0.5) is 5.69 Å². The predicted octanol–water partition coefficient (Wildman–Crippen LogP) is 1.98. The number of pyridine rings is 1. The molecule has 1 fully saturated rings. The third-order valence-electron chi connectivity index (χ3n) is 4.00. The monoisotopic (exact) mass is 262 g/mol. The van der Waals surface area contributed by atoms with Gasteiger partial charge in [-0.15, -0.1) is 0 Å². The van der Waals surface area contributed by atoms with E-state index in [2.05, 4.69) is 29.6 Å². The van der Waals surface area contributed by atoms with E-state index in [1.807, 2.05) is 6.92 Å². The van der Waals surface area contributed by atoms with Crippen LogP contribution in [0.1, 0.15) is 49.2 Å². The maximum absolute atomic E-state index is 12.3. The van der Waals surface area contributed by atoms with Crippen LogP contribution in [0.15, 0.2) is 12.3 Å². The molecule has 1 aliphatic rings. The van der Waals surface area contributed by atoms with Gasteiger partial charge >= 0.3 is 0 Å². The minimum atomic E-state index is -0.111. The van der Waals surface area contributed by atoms with Crippen LogP contribution in [-0.4, -0.2) is 16.9 Å². The molecule has 0 aromatic carbocycles. The van der Waals surface area contributed by atoms with Gasteiger partial charge in [0, 0.05) is 17.9 Å². The molecule has 1 aromatic rings. The molecule has 1 amide bonds. The van der Waals surface area contributed by atoms with Gasteiger partial charge in [-0.25, -0.2) is 0 Å². The molecule has 1 aliphatic carbocycles. The van der Waals surface area contributed by atoms with Crippen LogP contribution in [0.2, 0.25) is 0 Å². The van der Waals surface area contributed by atoms with Gasteiger partial charge in [0.1, 0.15) is 0 Å². The van der Waals surface area contributed by atoms with Gasteiger partial charge in [0.2, 0.25) is 0 Å². The molecule has 0 aliphatic heterocycles. The average molecular weight is 262 g/mol. The van der Waals surface area contributed by atoms with Gasteiger partial charge < -0.3 is 10.7 Å². The predicted molar refractivity (Wildman–Crippen MR) is 75.7 cm³/mol. The molecule has 1 heterocycles. The highest BCUT2D eigenvalue weighted by molar-refractivity contribution is 5.99. The summed E-state index contributed by atoms with van der Waals surface area (Å²) in [4.78, 5) is 16.5. The van der Waals surface area contributed by atoms with Crippen molar-refractivity contribution in [2.45, 2.75) is 46.1 Å². The molecule has 5 heteroatoms. The van der Waals surface area contributed by atoms with Gasteiger partial charge in [0.15, 0.2) is 0 Å². The minimum Gasteiger partial charge on any atom is -0.349 e. The number of aryl methyl sites for hydroxylation is 1. The number of hydrazine groups is 1. The summed E-state index contributed by atoms with van der Waals surface area (Å²) in [6, 6.07) is 1.99. The molecule has 0 bridgehead atoms. The second-order valence-electron chi connectivity index (χ2n) is 5.92. The lowest BCUT2D eigenvalue weighted by molar-refractivity contribution is 0.0910. The van der Waals surface area contributed by atoms with E-state index in [0.717, 1.165) is 25.0 Å². The molecular formula is C14H22N4O. The van der Waals surface area contributed by atoms with Crippen molar-refractivity contribution in [3.8, 4) is 0 Å². The molecule has 1 unspecified atom stereocenters. The molecule has 0 radical (unpaired) electrons. The highest BCUT2D eigenvalue weighted by Gasteiger charge is 2.35. The molecule has 19 heavy (non-hydrogen) atoms. The van der Waals surface area contributed by atoms with E-state index in [9.17, 15) is 4.79 Å². The number of carbonyl (C=O) groups is 1. The maximum Gasteiger partial charge on any atom is 0.255 e. The Labute approximate surface area is 114 Å². The van der Waals surface area contributed by atoms with E-state index >= 15 is 0 Å². The Morgan fingerprint density at radius 2 is 2.26 bits per heavy atom. The summed E-state index contributed by atoms with van der Waals surface area (Å²) in [5.74, 6) is 5.35. The zero-order chi connectivity index (χ0) is 14.0. The van der Waals surface area contributed by atoms with E-state index in [1.54, 1.807) is 12.3 Å². The molecule has 1 atom stereocenters. The molecule has 2 rings (SSSR count). The van der Waals surface area contributed by atoms with Crippen LogP contribution in [0.5, 0.6) is 0 Å². The number of nitrogens with one attached hydrogen (secondary N) is 2. The number of carbonyl (C=O) groups excluding carboxylic acids is 1. The smallest absolute Gasteiger partial charge is 0.255 e. The second kappa shape index (κ2) is 5.17. The summed E-state index contributed by atoms with van der Waals surface area (Å²) >= 11 is 0. The largest absolute Gasteiger partial charge is 0.349 e. The number of amides is 1. The quantitative estimate of drug-likeness (QED) is 0.575. The fourth-order valence-corrected chi connectivity index (χ4v) is 2.69. The summed E-state index contributed by atoms with van der Waals surface area (Å²) in [5.41, 5.74) is 4.65. The molecular weight excluding hydrogens is 240 g/mol. The van der Waals surface area contributed by atoms with Gasteiger partial charge in [-0.05, 0) is 31.2 Å². The van der Waals surface area contributed by atoms with Crippen molar-refractivity contribution in [1.29, 1.82) is 0 Å². The third kappa shape index (κ3) is 2.87. The number of hydrogen-bond donors (Lipinski definition) is 3. The van der Waals surface area contributed by atoms with Crippen LogP contribution in [0, 0.1) is 12.3 Å². The van der Waals surface area contributed by atoms with Crippen molar-refractivity contribution in [1.82, 2.24) is 10.3 Å². The summed E-state index contributed by atoms with van der Waals surface area (Å²) in [6.45, 7) is 6.25. The SMILES string of the molecule is Cc1cc(NN)c(C(=O)NC2CCCC2(C)C)cn1. The van der Waals surface area contributed by atoms with Crippen molar-refractivity contribution < 1.29 is 4.79 Å². The molecule has 1 aromatic heterocycles. The third-order valence-corrected chi connectivity index (χ3v) is 4.00. The first-order valence-corrected chi connectivity index (χ1v) is 6.68. The van der Waals surface area contributed by atoms with E-state index < -0.39 is 0 Å². The number of rotatable bonds is 3. The van der Waals surface area contributed by atoms with Crippen LogP contribution in [0.3, 0.4) is 0 Å². The summed E-state index contributed by atoms with van der Waals surface area (Å²) in [6.07, 6.45) is 4.91. The van der Waals surface area contributed by atoms with Gasteiger partial charge in [-0.2, -0.15) is 0 Å². The normalized spacial score (nSPS) is 21.2. The van der Waals surface area contributed by atoms with Crippen LogP contribution >= 0.6 is 0 Å². The highest BCUT2D eigenvalue weighted by atomic mass is 16.1. The molecule has 5 nitrogen and oxygen atoms in total. The van der Waals surface area contributed by atoms with Gasteiger partial charge in [0.25, 0.3) is 5.91 Å². The lowest BCUT2D eigenvalue weighted by Gasteiger charge is -2.28. The Kier molecular flexibility index (Phi) is 3.75. The van der Waals surface area contributed by atoms with Crippen molar-refractivity contribution >= 4 is 11.6 Å². The number of nitrogen functional groups attached to an aromatic ring is 1. The van der Waals surface area contributed by atoms with Crippen molar-refractivity contribution in [2.24, 2.45) is 11.3 Å². The zero-order valence-electron chi connectivity index (χ0n) is 11.8. The number of anilines is 1. The molecule has 104 valence electrons. The van der Waals surface area contributed by atoms with Gasteiger partial charge in [-0.1, -0.05) is 20.3 Å². The Hall–Kier alpha value is -1.62. The van der Waals surface area contributed by atoms with E-state index in [0.29, 0.717) is 11.3 Å². The highest BCUT2D eigenvalue weighted by Crippen LogP contribution is 2.37. The molecule has 4 N–H and O–H groups in total. The molecule has 0 saturated heterocycles. The van der Waals surface area contributed by atoms with Gasteiger partial charge in [-0.3, -0.25) is 15.6 Å². The average Bonchev–Trinajstić information content (AvgIpc) is 2.68. The van der Waals surface area contributed by atoms with E-state index in [-0.39, 0.29) is 17.4 Å². The Morgan fingerprint density at radius 1 is 1.53 bits per heavy atom. The number of nitrogens with zero attached hydrogens (tertiary/aromatic N) is 1. The first kappa shape index (κ1) is 13.8. The molecule has 1 saturated carbocycles. The van der Waals surface area contributed by atoms with Crippen LogP contribution < -0.4 is 16.6 Å². The van der Waals surface area contributed by atoms with Crippen LogP contribution in [-0.2, 0) is 0 Å². The zero-order valence-corrected chi connectivity index (χ0v) is 11.8. The van der Waals surface area contributed by atoms with Crippen molar-refractivity contribution in [2.75, 3.05) is 5.43 Å². The lowest BCUT2D eigenvalue weighted by atomic mass is 9.87. The fourth-order valence-electron chi connectivity index (χ4n) is 2.69. The first-order valence-electron chi connectivity index (χ1n) is 6.68. The Balaban J connectivity index is 2.16. The topological polar surface area (TPSA) is 80.0 Å². The summed E-state index contributed by atoms with van der Waals surface area (Å²) in [7, 11) is 0. The minimum absolute atomic E-state index is 0.111. The number of nitrogens with two attached hydrogens (primary N) is 1. The van der Waals surface area contributed by atoms with Crippen LogP contribution in [0.25, 0.3) is 0 Å². The summed E-state index contributed by atoms with van der Waals surface area (Å²) < 4.78 is 0. The van der Waals surface area contributed by atoms with E-state index in [4.69, 9.17) is 5.84 Å². The Morgan fingerprint density at radius 3 is 2.84 bits per heavy atom.